The molecule has 164 valence electrons. The third-order valence-corrected chi connectivity index (χ3v) is 5.22. The van der Waals surface area contributed by atoms with Gasteiger partial charge in [0.05, 0.1) is 11.4 Å². The fraction of sp³-hybridized carbons (Fsp3) is 0.0714. The molecule has 4 rings (SSSR count). The van der Waals surface area contributed by atoms with Crippen molar-refractivity contribution < 1.29 is 14.3 Å². The van der Waals surface area contributed by atoms with Crippen molar-refractivity contribution in [3.63, 3.8) is 0 Å². The molecule has 0 aromatic heterocycles. The Hall–Kier alpha value is -4.38. The van der Waals surface area contributed by atoms with Crippen LogP contribution in [0.4, 0.5) is 11.4 Å². The Bertz CT molecular complexity index is 1240. The Morgan fingerprint density at radius 3 is 2.12 bits per heavy atom. The highest BCUT2D eigenvalue weighted by Crippen LogP contribution is 2.27. The van der Waals surface area contributed by atoms with Crippen LogP contribution in [0.25, 0.3) is 11.1 Å². The van der Waals surface area contributed by atoms with Crippen molar-refractivity contribution in [2.45, 2.75) is 12.8 Å². The number of amides is 1. The summed E-state index contributed by atoms with van der Waals surface area (Å²) in [4.78, 5) is 24.8. The number of ether oxygens (including phenoxy) is 1. The number of nitrogens with one attached hydrogen (secondary N) is 1. The standard InChI is InChI=1S/C28H24N2O3/c29-25-17-16-23(21-7-3-1-4-8-21)19-26(25)30-28(32)22-14-11-20(12-15-22)13-18-27(31)33-24-9-5-2-6-10-24/h1-12,14-17,19H,13,18,29H2,(H,30,32). The van der Waals surface area contributed by atoms with E-state index >= 15 is 0 Å². The molecule has 0 unspecified atom stereocenters. The third-order valence-electron chi connectivity index (χ3n) is 5.22. The number of nitrogens with two attached hydrogens (primary N) is 1. The summed E-state index contributed by atoms with van der Waals surface area (Å²) in [6.45, 7) is 0. The number of esters is 1. The van der Waals surface area contributed by atoms with Gasteiger partial charge in [0.15, 0.2) is 0 Å². The number of nitrogen functional groups attached to an aromatic ring is 1. The van der Waals surface area contributed by atoms with Gasteiger partial charge >= 0.3 is 5.97 Å². The van der Waals surface area contributed by atoms with Crippen LogP contribution >= 0.6 is 0 Å². The molecule has 1 amide bonds. The number of aryl methyl sites for hydroxylation is 1. The highest BCUT2D eigenvalue weighted by Gasteiger charge is 2.11. The minimum atomic E-state index is -0.295. The van der Waals surface area contributed by atoms with Crippen LogP contribution < -0.4 is 15.8 Å². The molecule has 33 heavy (non-hydrogen) atoms. The number of hydrogen-bond donors (Lipinski definition) is 2. The van der Waals surface area contributed by atoms with Gasteiger partial charge in [-0.3, -0.25) is 9.59 Å². The molecule has 5 heteroatoms. The normalized spacial score (nSPS) is 10.4. The zero-order valence-corrected chi connectivity index (χ0v) is 18.0. The molecule has 5 nitrogen and oxygen atoms in total. The SMILES string of the molecule is Nc1ccc(-c2ccccc2)cc1NC(=O)c1ccc(CCC(=O)Oc2ccccc2)cc1. The molecule has 0 aliphatic heterocycles. The zero-order chi connectivity index (χ0) is 23.0. The van der Waals surface area contributed by atoms with Crippen molar-refractivity contribution in [2.24, 2.45) is 0 Å². The molecule has 0 heterocycles. The molecule has 0 radical (unpaired) electrons. The lowest BCUT2D eigenvalue weighted by Crippen LogP contribution is -2.13. The van der Waals surface area contributed by atoms with E-state index in [1.807, 2.05) is 72.8 Å². The van der Waals surface area contributed by atoms with E-state index in [9.17, 15) is 9.59 Å². The Morgan fingerprint density at radius 1 is 0.758 bits per heavy atom. The maximum absolute atomic E-state index is 12.8. The Kier molecular flexibility index (Phi) is 6.81. The largest absolute Gasteiger partial charge is 0.427 e. The first-order valence-corrected chi connectivity index (χ1v) is 10.7. The zero-order valence-electron chi connectivity index (χ0n) is 18.0. The Balaban J connectivity index is 1.36. The van der Waals surface area contributed by atoms with Crippen molar-refractivity contribution in [1.29, 1.82) is 0 Å². The highest BCUT2D eigenvalue weighted by atomic mass is 16.5. The van der Waals surface area contributed by atoms with E-state index in [1.165, 1.54) is 0 Å². The van der Waals surface area contributed by atoms with Crippen molar-refractivity contribution in [3.8, 4) is 16.9 Å². The lowest BCUT2D eigenvalue weighted by molar-refractivity contribution is -0.134. The number of carbonyl (C=O) groups is 2. The second kappa shape index (κ2) is 10.3. The van der Waals surface area contributed by atoms with Crippen LogP contribution in [0.1, 0.15) is 22.3 Å². The van der Waals surface area contributed by atoms with E-state index < -0.39 is 0 Å². The van der Waals surface area contributed by atoms with Gasteiger partial charge in [0, 0.05) is 12.0 Å². The van der Waals surface area contributed by atoms with Crippen molar-refractivity contribution in [3.05, 3.63) is 114 Å². The molecular formula is C28H24N2O3. The van der Waals surface area contributed by atoms with Gasteiger partial charge in [-0.1, -0.05) is 66.7 Å². The van der Waals surface area contributed by atoms with Crippen LogP contribution in [0.3, 0.4) is 0 Å². The molecule has 3 N–H and O–H groups in total. The number of benzene rings is 4. The quantitative estimate of drug-likeness (QED) is 0.220. The van der Waals surface area contributed by atoms with E-state index in [-0.39, 0.29) is 18.3 Å². The van der Waals surface area contributed by atoms with Gasteiger partial charge in [0.25, 0.3) is 5.91 Å². The van der Waals surface area contributed by atoms with Gasteiger partial charge in [0.2, 0.25) is 0 Å². The first-order chi connectivity index (χ1) is 16.1. The average molecular weight is 437 g/mol. The smallest absolute Gasteiger partial charge is 0.311 e. The summed E-state index contributed by atoms with van der Waals surface area (Å²) < 4.78 is 5.30. The molecule has 0 fully saturated rings. The summed E-state index contributed by atoms with van der Waals surface area (Å²) >= 11 is 0. The first-order valence-electron chi connectivity index (χ1n) is 10.7. The van der Waals surface area contributed by atoms with Crippen LogP contribution in [0.15, 0.2) is 103 Å². The number of para-hydroxylation sites is 1. The number of hydrogen-bond acceptors (Lipinski definition) is 4. The molecule has 4 aromatic carbocycles. The lowest BCUT2D eigenvalue weighted by Gasteiger charge is -2.11. The fourth-order valence-electron chi connectivity index (χ4n) is 3.41. The molecule has 0 atom stereocenters. The van der Waals surface area contributed by atoms with Gasteiger partial charge in [-0.05, 0) is 59.5 Å². The topological polar surface area (TPSA) is 81.4 Å². The van der Waals surface area contributed by atoms with Crippen molar-refractivity contribution >= 4 is 23.3 Å². The minimum absolute atomic E-state index is 0.248. The van der Waals surface area contributed by atoms with E-state index in [4.69, 9.17) is 10.5 Å². The number of rotatable bonds is 7. The van der Waals surface area contributed by atoms with Gasteiger partial charge in [-0.15, -0.1) is 0 Å². The van der Waals surface area contributed by atoms with E-state index in [2.05, 4.69) is 5.32 Å². The van der Waals surface area contributed by atoms with Crippen LogP contribution in [-0.4, -0.2) is 11.9 Å². The highest BCUT2D eigenvalue weighted by molar-refractivity contribution is 6.06. The predicted octanol–water partition coefficient (Wildman–Crippen LogP) is 5.73. The summed E-state index contributed by atoms with van der Waals surface area (Å²) in [5, 5.41) is 2.90. The van der Waals surface area contributed by atoms with E-state index in [1.54, 1.807) is 30.3 Å². The molecular weight excluding hydrogens is 412 g/mol. The van der Waals surface area contributed by atoms with Gasteiger partial charge in [0.1, 0.15) is 5.75 Å². The number of carbonyl (C=O) groups excluding carboxylic acids is 2. The third kappa shape index (κ3) is 5.86. The number of anilines is 2. The molecule has 0 bridgehead atoms. The van der Waals surface area contributed by atoms with Crippen molar-refractivity contribution in [2.75, 3.05) is 11.1 Å². The summed E-state index contributed by atoms with van der Waals surface area (Å²) in [5.74, 6) is -0.0103. The van der Waals surface area contributed by atoms with Crippen LogP contribution in [0, 0.1) is 0 Å². The molecule has 4 aromatic rings. The average Bonchev–Trinajstić information content (AvgIpc) is 2.85. The van der Waals surface area contributed by atoms with Crippen molar-refractivity contribution in [1.82, 2.24) is 0 Å². The second-order valence-electron chi connectivity index (χ2n) is 7.61. The van der Waals surface area contributed by atoms with E-state index in [0.29, 0.717) is 29.1 Å². The van der Waals surface area contributed by atoms with Crippen LogP contribution in [-0.2, 0) is 11.2 Å². The fourth-order valence-corrected chi connectivity index (χ4v) is 3.41. The first kappa shape index (κ1) is 21.8. The summed E-state index contributed by atoms with van der Waals surface area (Å²) in [6.07, 6.45) is 0.781. The van der Waals surface area contributed by atoms with Gasteiger partial charge < -0.3 is 15.8 Å². The summed E-state index contributed by atoms with van der Waals surface area (Å²) in [6, 6.07) is 31.6. The maximum Gasteiger partial charge on any atom is 0.311 e. The summed E-state index contributed by atoms with van der Waals surface area (Å²) in [7, 11) is 0. The van der Waals surface area contributed by atoms with Crippen LogP contribution in [0.5, 0.6) is 5.75 Å². The molecule has 0 aliphatic rings. The monoisotopic (exact) mass is 436 g/mol. The van der Waals surface area contributed by atoms with E-state index in [0.717, 1.165) is 16.7 Å². The molecule has 0 aliphatic carbocycles. The van der Waals surface area contributed by atoms with Crippen LogP contribution in [0.2, 0.25) is 0 Å². The minimum Gasteiger partial charge on any atom is -0.427 e. The molecule has 0 saturated carbocycles. The molecule has 0 saturated heterocycles. The predicted molar refractivity (Wildman–Crippen MR) is 131 cm³/mol. The Labute approximate surface area is 192 Å². The van der Waals surface area contributed by atoms with Gasteiger partial charge in [-0.2, -0.15) is 0 Å². The maximum atomic E-state index is 12.8. The molecule has 0 spiro atoms. The lowest BCUT2D eigenvalue weighted by atomic mass is 10.0. The Morgan fingerprint density at radius 2 is 1.42 bits per heavy atom. The van der Waals surface area contributed by atoms with Gasteiger partial charge in [-0.25, -0.2) is 0 Å². The second-order valence-corrected chi connectivity index (χ2v) is 7.61. The summed E-state index contributed by atoms with van der Waals surface area (Å²) in [5.41, 5.74) is 10.6.